The van der Waals surface area contributed by atoms with Crippen LogP contribution in [0.25, 0.3) is 0 Å². The third-order valence-electron chi connectivity index (χ3n) is 1.91. The summed E-state index contributed by atoms with van der Waals surface area (Å²) in [6.45, 7) is 0. The number of sulfone groups is 1. The molecular formula is C10H8ClNO3S. The van der Waals surface area contributed by atoms with E-state index in [1.807, 2.05) is 0 Å². The molecule has 6 heteroatoms. The van der Waals surface area contributed by atoms with Crippen LogP contribution in [0.3, 0.4) is 0 Å². The summed E-state index contributed by atoms with van der Waals surface area (Å²) >= 11 is 5.36. The van der Waals surface area contributed by atoms with E-state index in [2.05, 4.69) is 0 Å². The molecule has 0 heterocycles. The number of nitriles is 1. The first-order valence-corrected chi connectivity index (χ1v) is 6.49. The number of alkyl halides is 1. The van der Waals surface area contributed by atoms with Gasteiger partial charge in [-0.3, -0.25) is 4.79 Å². The SMILES string of the molecule is N#CCS(=O)(=O)c1ccc(C(=O)CCl)cc1. The monoisotopic (exact) mass is 257 g/mol. The van der Waals surface area contributed by atoms with Gasteiger partial charge in [0, 0.05) is 5.56 Å². The van der Waals surface area contributed by atoms with E-state index in [4.69, 9.17) is 16.9 Å². The van der Waals surface area contributed by atoms with Crippen molar-refractivity contribution in [2.75, 3.05) is 11.6 Å². The Kier molecular flexibility index (Phi) is 4.05. The van der Waals surface area contributed by atoms with Crippen LogP contribution >= 0.6 is 11.6 Å². The van der Waals surface area contributed by atoms with Crippen molar-refractivity contribution in [3.05, 3.63) is 29.8 Å². The van der Waals surface area contributed by atoms with Gasteiger partial charge >= 0.3 is 0 Å². The first-order valence-electron chi connectivity index (χ1n) is 4.30. The van der Waals surface area contributed by atoms with Crippen molar-refractivity contribution < 1.29 is 13.2 Å². The van der Waals surface area contributed by atoms with Crippen molar-refractivity contribution in [1.29, 1.82) is 5.26 Å². The lowest BCUT2D eigenvalue weighted by molar-refractivity contribution is 0.102. The number of hydrogen-bond acceptors (Lipinski definition) is 4. The maximum Gasteiger partial charge on any atom is 0.191 e. The molecular weight excluding hydrogens is 250 g/mol. The highest BCUT2D eigenvalue weighted by Gasteiger charge is 2.14. The molecule has 4 nitrogen and oxygen atoms in total. The van der Waals surface area contributed by atoms with Gasteiger partial charge in [-0.15, -0.1) is 11.6 Å². The third-order valence-corrected chi connectivity index (χ3v) is 3.65. The zero-order valence-corrected chi connectivity index (χ0v) is 9.75. The summed E-state index contributed by atoms with van der Waals surface area (Å²) in [5.74, 6) is -0.994. The lowest BCUT2D eigenvalue weighted by Crippen LogP contribution is -2.06. The Labute approximate surface area is 98.4 Å². The average Bonchev–Trinajstić information content (AvgIpc) is 2.28. The maximum absolute atomic E-state index is 11.4. The molecule has 0 saturated carbocycles. The minimum absolute atomic E-state index is 0.0279. The van der Waals surface area contributed by atoms with Crippen molar-refractivity contribution in [3.63, 3.8) is 0 Å². The van der Waals surface area contributed by atoms with E-state index in [9.17, 15) is 13.2 Å². The first kappa shape index (κ1) is 12.7. The van der Waals surface area contributed by atoms with Gasteiger partial charge in [0.25, 0.3) is 0 Å². The summed E-state index contributed by atoms with van der Waals surface area (Å²) in [5.41, 5.74) is 0.353. The number of ketones is 1. The molecule has 0 aliphatic rings. The Hall–Kier alpha value is -1.38. The molecule has 16 heavy (non-hydrogen) atoms. The predicted octanol–water partition coefficient (Wildman–Crippen LogP) is 1.41. The van der Waals surface area contributed by atoms with Crippen molar-refractivity contribution in [3.8, 4) is 6.07 Å². The molecule has 0 bridgehead atoms. The number of nitrogens with zero attached hydrogens (tertiary/aromatic N) is 1. The van der Waals surface area contributed by atoms with Gasteiger partial charge in [-0.05, 0) is 12.1 Å². The van der Waals surface area contributed by atoms with Crippen LogP contribution < -0.4 is 0 Å². The Bertz CT molecular complexity index is 528. The maximum atomic E-state index is 11.4. The van der Waals surface area contributed by atoms with E-state index in [0.29, 0.717) is 5.56 Å². The number of rotatable bonds is 4. The van der Waals surface area contributed by atoms with Crippen LogP contribution in [0.2, 0.25) is 0 Å². The Morgan fingerprint density at radius 3 is 2.31 bits per heavy atom. The molecule has 84 valence electrons. The van der Waals surface area contributed by atoms with E-state index in [-0.39, 0.29) is 16.6 Å². The quantitative estimate of drug-likeness (QED) is 0.604. The van der Waals surface area contributed by atoms with Crippen molar-refractivity contribution in [2.45, 2.75) is 4.90 Å². The number of halogens is 1. The summed E-state index contributed by atoms with van der Waals surface area (Å²) in [4.78, 5) is 11.2. The van der Waals surface area contributed by atoms with Gasteiger partial charge in [0.15, 0.2) is 15.6 Å². The van der Waals surface area contributed by atoms with E-state index >= 15 is 0 Å². The molecule has 0 unspecified atom stereocenters. The molecule has 1 aromatic carbocycles. The molecule has 0 spiro atoms. The van der Waals surface area contributed by atoms with Crippen LogP contribution in [0.4, 0.5) is 0 Å². The standard InChI is InChI=1S/C10H8ClNO3S/c11-7-10(13)8-1-3-9(4-2-8)16(14,15)6-5-12/h1-4H,6-7H2. The summed E-state index contributed by atoms with van der Waals surface area (Å²) in [6, 6.07) is 6.94. The van der Waals surface area contributed by atoms with Gasteiger partial charge < -0.3 is 0 Å². The van der Waals surface area contributed by atoms with Crippen LogP contribution in [0, 0.1) is 11.3 Å². The van der Waals surface area contributed by atoms with E-state index in [1.54, 1.807) is 6.07 Å². The molecule has 0 saturated heterocycles. The highest BCUT2D eigenvalue weighted by molar-refractivity contribution is 7.91. The van der Waals surface area contributed by atoms with Gasteiger partial charge in [0.1, 0.15) is 5.75 Å². The minimum atomic E-state index is -3.56. The topological polar surface area (TPSA) is 75.0 Å². The van der Waals surface area contributed by atoms with Gasteiger partial charge in [-0.25, -0.2) is 8.42 Å². The summed E-state index contributed by atoms with van der Waals surface area (Å²) in [5, 5.41) is 8.34. The lowest BCUT2D eigenvalue weighted by Gasteiger charge is -2.01. The van der Waals surface area contributed by atoms with Crippen molar-refractivity contribution in [1.82, 2.24) is 0 Å². The number of benzene rings is 1. The van der Waals surface area contributed by atoms with Crippen molar-refractivity contribution >= 4 is 27.2 Å². The second-order valence-electron chi connectivity index (χ2n) is 3.00. The lowest BCUT2D eigenvalue weighted by atomic mass is 10.1. The molecule has 0 radical (unpaired) electrons. The van der Waals surface area contributed by atoms with E-state index < -0.39 is 15.6 Å². The third kappa shape index (κ3) is 2.81. The number of carbonyl (C=O) groups excluding carboxylic acids is 1. The fourth-order valence-corrected chi connectivity index (χ4v) is 2.14. The molecule has 0 aromatic heterocycles. The Balaban J connectivity index is 3.05. The number of carbonyl (C=O) groups is 1. The Morgan fingerprint density at radius 1 is 1.31 bits per heavy atom. The average molecular weight is 258 g/mol. The van der Waals surface area contributed by atoms with Crippen LogP contribution in [-0.2, 0) is 9.84 Å². The highest BCUT2D eigenvalue weighted by atomic mass is 35.5. The smallest absolute Gasteiger partial charge is 0.191 e. The summed E-state index contributed by atoms with van der Waals surface area (Å²) in [7, 11) is -3.56. The van der Waals surface area contributed by atoms with Crippen LogP contribution in [0.5, 0.6) is 0 Å². The fourth-order valence-electron chi connectivity index (χ4n) is 1.09. The summed E-state index contributed by atoms with van der Waals surface area (Å²) in [6.07, 6.45) is 0. The zero-order valence-electron chi connectivity index (χ0n) is 8.18. The van der Waals surface area contributed by atoms with E-state index in [1.165, 1.54) is 24.3 Å². The second-order valence-corrected chi connectivity index (χ2v) is 5.26. The molecule has 0 aliphatic carbocycles. The van der Waals surface area contributed by atoms with Gasteiger partial charge in [-0.1, -0.05) is 12.1 Å². The molecule has 1 aromatic rings. The fraction of sp³-hybridized carbons (Fsp3) is 0.200. The van der Waals surface area contributed by atoms with Crippen LogP contribution in [0.15, 0.2) is 29.2 Å². The van der Waals surface area contributed by atoms with Crippen LogP contribution in [-0.4, -0.2) is 25.8 Å². The highest BCUT2D eigenvalue weighted by Crippen LogP contribution is 2.12. The van der Waals surface area contributed by atoms with Crippen molar-refractivity contribution in [2.24, 2.45) is 0 Å². The minimum Gasteiger partial charge on any atom is -0.293 e. The van der Waals surface area contributed by atoms with Gasteiger partial charge in [0.2, 0.25) is 0 Å². The largest absolute Gasteiger partial charge is 0.293 e. The van der Waals surface area contributed by atoms with Gasteiger partial charge in [0.05, 0.1) is 16.8 Å². The first-order chi connectivity index (χ1) is 7.51. The zero-order chi connectivity index (χ0) is 12.2. The van der Waals surface area contributed by atoms with Crippen LogP contribution in [0.1, 0.15) is 10.4 Å². The normalized spacial score (nSPS) is 10.8. The van der Waals surface area contributed by atoms with E-state index in [0.717, 1.165) is 0 Å². The molecule has 0 fully saturated rings. The second kappa shape index (κ2) is 5.10. The molecule has 0 aliphatic heterocycles. The van der Waals surface area contributed by atoms with Gasteiger partial charge in [-0.2, -0.15) is 5.26 Å². The summed E-state index contributed by atoms with van der Waals surface area (Å²) < 4.78 is 22.9. The predicted molar refractivity (Wildman–Crippen MR) is 59.2 cm³/mol. The number of hydrogen-bond donors (Lipinski definition) is 0. The molecule has 0 N–H and O–H groups in total. The number of Topliss-reactive ketones (excluding diaryl/α,β-unsaturated/α-hetero) is 1. The molecule has 1 rings (SSSR count). The molecule has 0 amide bonds. The molecule has 0 atom stereocenters. The Morgan fingerprint density at radius 2 is 1.88 bits per heavy atom.